The van der Waals surface area contributed by atoms with Gasteiger partial charge in [-0.25, -0.2) is 0 Å². The van der Waals surface area contributed by atoms with Gasteiger partial charge < -0.3 is 27.8 Å². The van der Waals surface area contributed by atoms with Crippen LogP contribution in [0.1, 0.15) is 19.3 Å². The summed E-state index contributed by atoms with van der Waals surface area (Å²) in [6.45, 7) is 0.0812. The maximum atomic E-state index is 11.4. The standard InChI is InChI=1S/C10H21N5O3/c11-4-2-1-3-7(12)10(18)15-6-9(17)14-5-8(13)16/h7H,1-6,11-12H2,(H2,13,16)(H,14,17)(H,15,18). The number of carbonyl (C=O) groups is 3. The van der Waals surface area contributed by atoms with Gasteiger partial charge in [-0.1, -0.05) is 6.42 Å². The Kier molecular flexibility index (Phi) is 8.50. The Labute approximate surface area is 106 Å². The Bertz CT molecular complexity index is 295. The summed E-state index contributed by atoms with van der Waals surface area (Å²) in [6.07, 6.45) is 2.09. The minimum absolute atomic E-state index is 0.225. The fourth-order valence-corrected chi connectivity index (χ4v) is 1.19. The van der Waals surface area contributed by atoms with Gasteiger partial charge in [0.1, 0.15) is 0 Å². The summed E-state index contributed by atoms with van der Waals surface area (Å²) in [4.78, 5) is 33.0. The molecule has 0 radical (unpaired) electrons. The summed E-state index contributed by atoms with van der Waals surface area (Å²) in [6, 6.07) is -0.652. The number of carbonyl (C=O) groups excluding carboxylic acids is 3. The molecule has 18 heavy (non-hydrogen) atoms. The average molecular weight is 259 g/mol. The van der Waals surface area contributed by atoms with Crippen molar-refractivity contribution in [3.8, 4) is 0 Å². The summed E-state index contributed by atoms with van der Waals surface area (Å²) in [5.74, 6) is -1.54. The summed E-state index contributed by atoms with van der Waals surface area (Å²) in [5.41, 5.74) is 15.8. The molecular formula is C10H21N5O3. The number of unbranched alkanes of at least 4 members (excludes halogenated alkanes) is 1. The van der Waals surface area contributed by atoms with Crippen molar-refractivity contribution in [2.75, 3.05) is 19.6 Å². The Balaban J connectivity index is 3.74. The van der Waals surface area contributed by atoms with Gasteiger partial charge in [0.25, 0.3) is 0 Å². The Morgan fingerprint density at radius 1 is 1.06 bits per heavy atom. The molecule has 0 spiro atoms. The SMILES string of the molecule is NCCCCC(N)C(=O)NCC(=O)NCC(N)=O. The van der Waals surface area contributed by atoms with Gasteiger partial charge >= 0.3 is 0 Å². The second-order valence-electron chi connectivity index (χ2n) is 3.85. The minimum atomic E-state index is -0.652. The minimum Gasteiger partial charge on any atom is -0.368 e. The highest BCUT2D eigenvalue weighted by Crippen LogP contribution is 1.97. The molecule has 0 aliphatic rings. The normalized spacial score (nSPS) is 11.7. The topological polar surface area (TPSA) is 153 Å². The predicted octanol–water partition coefficient (Wildman–Crippen LogP) is -2.84. The molecule has 0 saturated carbocycles. The highest BCUT2D eigenvalue weighted by molar-refractivity contribution is 5.89. The molecule has 0 aromatic heterocycles. The zero-order valence-corrected chi connectivity index (χ0v) is 10.3. The molecule has 8 N–H and O–H groups in total. The van der Waals surface area contributed by atoms with E-state index in [0.717, 1.165) is 12.8 Å². The lowest BCUT2D eigenvalue weighted by Gasteiger charge is -2.11. The summed E-state index contributed by atoms with van der Waals surface area (Å²) < 4.78 is 0. The fourth-order valence-electron chi connectivity index (χ4n) is 1.19. The van der Waals surface area contributed by atoms with Crippen molar-refractivity contribution in [3.05, 3.63) is 0 Å². The van der Waals surface area contributed by atoms with Crippen molar-refractivity contribution >= 4 is 17.7 Å². The van der Waals surface area contributed by atoms with E-state index < -0.39 is 23.8 Å². The molecule has 8 nitrogen and oxygen atoms in total. The molecule has 0 rings (SSSR count). The van der Waals surface area contributed by atoms with E-state index in [-0.39, 0.29) is 13.1 Å². The molecule has 1 unspecified atom stereocenters. The Morgan fingerprint density at radius 3 is 2.28 bits per heavy atom. The van der Waals surface area contributed by atoms with Crippen LogP contribution in [0.2, 0.25) is 0 Å². The van der Waals surface area contributed by atoms with E-state index in [9.17, 15) is 14.4 Å². The molecule has 0 fully saturated rings. The maximum absolute atomic E-state index is 11.4. The van der Waals surface area contributed by atoms with Gasteiger partial charge in [0, 0.05) is 0 Å². The highest BCUT2D eigenvalue weighted by Gasteiger charge is 2.13. The second kappa shape index (κ2) is 9.37. The molecule has 0 bridgehead atoms. The Hall–Kier alpha value is -1.67. The molecule has 3 amide bonds. The van der Waals surface area contributed by atoms with Crippen molar-refractivity contribution in [2.24, 2.45) is 17.2 Å². The third-order valence-corrected chi connectivity index (χ3v) is 2.19. The van der Waals surface area contributed by atoms with Crippen LogP contribution in [0.5, 0.6) is 0 Å². The Morgan fingerprint density at radius 2 is 1.72 bits per heavy atom. The smallest absolute Gasteiger partial charge is 0.239 e. The van der Waals surface area contributed by atoms with Crippen molar-refractivity contribution in [1.82, 2.24) is 10.6 Å². The number of primary amides is 1. The number of hydrogen-bond acceptors (Lipinski definition) is 5. The molecule has 8 heteroatoms. The first kappa shape index (κ1) is 16.3. The first-order valence-electron chi connectivity index (χ1n) is 5.75. The lowest BCUT2D eigenvalue weighted by Crippen LogP contribution is -2.46. The molecule has 0 aromatic carbocycles. The van der Waals surface area contributed by atoms with Crippen LogP contribution in [0.3, 0.4) is 0 Å². The van der Waals surface area contributed by atoms with E-state index >= 15 is 0 Å². The van der Waals surface area contributed by atoms with Gasteiger partial charge in [-0.05, 0) is 19.4 Å². The average Bonchev–Trinajstić information content (AvgIpc) is 2.33. The zero-order valence-electron chi connectivity index (χ0n) is 10.3. The number of amides is 3. The summed E-state index contributed by atoms with van der Waals surface area (Å²) in [5, 5.41) is 4.62. The van der Waals surface area contributed by atoms with Gasteiger partial charge in [-0.2, -0.15) is 0 Å². The molecule has 0 aliphatic heterocycles. The third kappa shape index (κ3) is 8.48. The summed E-state index contributed by atoms with van der Waals surface area (Å²) in [7, 11) is 0. The first-order chi connectivity index (χ1) is 8.47. The second-order valence-corrected chi connectivity index (χ2v) is 3.85. The maximum Gasteiger partial charge on any atom is 0.239 e. The quantitative estimate of drug-likeness (QED) is 0.282. The van der Waals surface area contributed by atoms with Gasteiger partial charge in [0.2, 0.25) is 17.7 Å². The van der Waals surface area contributed by atoms with E-state index in [0.29, 0.717) is 13.0 Å². The van der Waals surface area contributed by atoms with Crippen molar-refractivity contribution in [2.45, 2.75) is 25.3 Å². The molecule has 104 valence electrons. The third-order valence-electron chi connectivity index (χ3n) is 2.19. The van der Waals surface area contributed by atoms with Crippen LogP contribution in [0, 0.1) is 0 Å². The van der Waals surface area contributed by atoms with Crippen molar-refractivity contribution < 1.29 is 14.4 Å². The van der Waals surface area contributed by atoms with Crippen LogP contribution in [-0.2, 0) is 14.4 Å². The fraction of sp³-hybridized carbons (Fsp3) is 0.700. The molecular weight excluding hydrogens is 238 g/mol. The largest absolute Gasteiger partial charge is 0.368 e. The monoisotopic (exact) mass is 259 g/mol. The van der Waals surface area contributed by atoms with E-state index in [2.05, 4.69) is 10.6 Å². The van der Waals surface area contributed by atoms with E-state index in [4.69, 9.17) is 17.2 Å². The molecule has 0 heterocycles. The predicted molar refractivity (Wildman–Crippen MR) is 66.1 cm³/mol. The van der Waals surface area contributed by atoms with Crippen LogP contribution in [0.4, 0.5) is 0 Å². The van der Waals surface area contributed by atoms with Crippen molar-refractivity contribution in [3.63, 3.8) is 0 Å². The van der Waals surface area contributed by atoms with Crippen LogP contribution < -0.4 is 27.8 Å². The van der Waals surface area contributed by atoms with Crippen molar-refractivity contribution in [1.29, 1.82) is 0 Å². The van der Waals surface area contributed by atoms with E-state index in [1.165, 1.54) is 0 Å². The lowest BCUT2D eigenvalue weighted by molar-refractivity contribution is -0.127. The molecule has 0 saturated heterocycles. The number of nitrogens with two attached hydrogens (primary N) is 3. The van der Waals surface area contributed by atoms with Crippen LogP contribution in [-0.4, -0.2) is 43.4 Å². The van der Waals surface area contributed by atoms with Gasteiger partial charge in [-0.15, -0.1) is 0 Å². The highest BCUT2D eigenvalue weighted by atomic mass is 16.2. The number of hydrogen-bond donors (Lipinski definition) is 5. The van der Waals surface area contributed by atoms with Gasteiger partial charge in [-0.3, -0.25) is 14.4 Å². The van der Waals surface area contributed by atoms with Crippen LogP contribution >= 0.6 is 0 Å². The van der Waals surface area contributed by atoms with Crippen LogP contribution in [0.15, 0.2) is 0 Å². The van der Waals surface area contributed by atoms with Gasteiger partial charge in [0.15, 0.2) is 0 Å². The van der Waals surface area contributed by atoms with Crippen LogP contribution in [0.25, 0.3) is 0 Å². The van der Waals surface area contributed by atoms with E-state index in [1.807, 2.05) is 0 Å². The number of nitrogens with one attached hydrogen (secondary N) is 2. The van der Waals surface area contributed by atoms with Gasteiger partial charge in [0.05, 0.1) is 19.1 Å². The molecule has 0 aliphatic carbocycles. The molecule has 1 atom stereocenters. The first-order valence-corrected chi connectivity index (χ1v) is 5.75. The lowest BCUT2D eigenvalue weighted by atomic mass is 10.1. The van der Waals surface area contributed by atoms with E-state index in [1.54, 1.807) is 0 Å². The summed E-state index contributed by atoms with van der Waals surface area (Å²) >= 11 is 0. The molecule has 0 aromatic rings. The zero-order chi connectivity index (χ0) is 14.0. The number of rotatable bonds is 9.